The zero-order valence-electron chi connectivity index (χ0n) is 7.20. The Morgan fingerprint density at radius 1 is 1.46 bits per heavy atom. The van der Waals surface area contributed by atoms with Gasteiger partial charge in [0.15, 0.2) is 12.1 Å². The highest BCUT2D eigenvalue weighted by Gasteiger charge is 2.35. The molecule has 0 saturated heterocycles. The lowest BCUT2D eigenvalue weighted by atomic mass is 9.96. The molecule has 0 aromatic carbocycles. The van der Waals surface area contributed by atoms with Gasteiger partial charge in [-0.15, -0.1) is 0 Å². The number of rotatable bonds is 1. The lowest BCUT2D eigenvalue weighted by Crippen LogP contribution is -2.40. The summed E-state index contributed by atoms with van der Waals surface area (Å²) in [5, 5.41) is -0.0944. The van der Waals surface area contributed by atoms with Crippen LogP contribution in [0.5, 0.6) is 0 Å². The van der Waals surface area contributed by atoms with Gasteiger partial charge >= 0.3 is 0 Å². The number of ketones is 1. The number of hydrogen-bond acceptors (Lipinski definition) is 3. The molecule has 0 aliphatic carbocycles. The van der Waals surface area contributed by atoms with Crippen LogP contribution in [-0.4, -0.2) is 29.9 Å². The van der Waals surface area contributed by atoms with E-state index in [0.717, 1.165) is 4.90 Å². The first kappa shape index (κ1) is 9.92. The molecule has 0 aromatic rings. The van der Waals surface area contributed by atoms with Crippen LogP contribution in [0.4, 0.5) is 0 Å². The van der Waals surface area contributed by atoms with Gasteiger partial charge in [-0.25, -0.2) is 0 Å². The van der Waals surface area contributed by atoms with Crippen LogP contribution in [0.3, 0.4) is 0 Å². The number of hydrogen-bond donors (Lipinski definition) is 0. The van der Waals surface area contributed by atoms with Crippen molar-refractivity contribution in [2.75, 3.05) is 7.05 Å². The highest BCUT2D eigenvalue weighted by molar-refractivity contribution is 6.38. The minimum Gasteiger partial charge on any atom is -0.304 e. The first-order valence-corrected chi connectivity index (χ1v) is 4.05. The first-order chi connectivity index (χ1) is 6.00. The summed E-state index contributed by atoms with van der Waals surface area (Å²) in [5.74, 6) is -1.71. The van der Waals surface area contributed by atoms with Gasteiger partial charge in [0.1, 0.15) is 5.16 Å². The third-order valence-corrected chi connectivity index (χ3v) is 2.45. The fraction of sp³-hybridized carbons (Fsp3) is 0.375. The zero-order chi connectivity index (χ0) is 10.2. The number of Topliss-reactive ketones (excluding diaryl/α,β-unsaturated/α-hetero) is 1. The number of amides is 1. The summed E-state index contributed by atoms with van der Waals surface area (Å²) in [7, 11) is 1.43. The van der Waals surface area contributed by atoms with E-state index in [9.17, 15) is 14.4 Å². The van der Waals surface area contributed by atoms with Crippen molar-refractivity contribution in [3.8, 4) is 0 Å². The molecular weight excluding hydrogens is 194 g/mol. The zero-order valence-corrected chi connectivity index (χ0v) is 7.96. The maximum atomic E-state index is 11.3. The molecule has 1 atom stereocenters. The number of halogens is 1. The molecule has 5 heteroatoms. The Morgan fingerprint density at radius 2 is 2.00 bits per heavy atom. The third-order valence-electron chi connectivity index (χ3n) is 1.99. The standard InChI is InChI=1S/C8H8ClNO3/c1-4-6(12)5(3-11)7(9)10(2)8(4)13/h3-4H,1-2H3. The van der Waals surface area contributed by atoms with E-state index in [0.29, 0.717) is 6.29 Å². The van der Waals surface area contributed by atoms with Crippen molar-refractivity contribution in [3.05, 3.63) is 10.7 Å². The molecule has 13 heavy (non-hydrogen) atoms. The molecule has 0 saturated carbocycles. The number of aldehydes is 1. The molecule has 0 aromatic heterocycles. The normalized spacial score (nSPS) is 23.9. The first-order valence-electron chi connectivity index (χ1n) is 3.67. The molecule has 0 spiro atoms. The van der Waals surface area contributed by atoms with Gasteiger partial charge in [0.05, 0.1) is 11.5 Å². The van der Waals surface area contributed by atoms with Crippen LogP contribution >= 0.6 is 11.6 Å². The Balaban J connectivity index is 3.25. The van der Waals surface area contributed by atoms with Crippen molar-refractivity contribution in [1.29, 1.82) is 0 Å². The van der Waals surface area contributed by atoms with E-state index < -0.39 is 11.7 Å². The van der Waals surface area contributed by atoms with Crippen LogP contribution in [0.1, 0.15) is 6.92 Å². The van der Waals surface area contributed by atoms with Gasteiger partial charge in [-0.2, -0.15) is 0 Å². The van der Waals surface area contributed by atoms with E-state index >= 15 is 0 Å². The Kier molecular flexibility index (Phi) is 2.52. The van der Waals surface area contributed by atoms with Gasteiger partial charge in [0.25, 0.3) is 0 Å². The largest absolute Gasteiger partial charge is 0.304 e. The predicted octanol–water partition coefficient (Wildman–Crippen LogP) is 0.313. The second kappa shape index (κ2) is 3.30. The average Bonchev–Trinajstić information content (AvgIpc) is 2.13. The highest BCUT2D eigenvalue weighted by Crippen LogP contribution is 2.24. The quantitative estimate of drug-likeness (QED) is 0.266. The summed E-state index contributed by atoms with van der Waals surface area (Å²) in [6, 6.07) is 0. The summed E-state index contributed by atoms with van der Waals surface area (Å²) in [6.45, 7) is 1.45. The van der Waals surface area contributed by atoms with Crippen LogP contribution in [0, 0.1) is 5.92 Å². The molecule has 1 rings (SSSR count). The maximum Gasteiger partial charge on any atom is 0.238 e. The average molecular weight is 202 g/mol. The number of allylic oxidation sites excluding steroid dienone is 1. The van der Waals surface area contributed by atoms with Gasteiger partial charge in [-0.3, -0.25) is 14.4 Å². The van der Waals surface area contributed by atoms with Crippen LogP contribution in [0.25, 0.3) is 0 Å². The molecular formula is C8H8ClNO3. The summed E-state index contributed by atoms with van der Waals surface area (Å²) >= 11 is 5.62. The molecule has 1 aliphatic heterocycles. The second-order valence-corrected chi connectivity index (χ2v) is 3.16. The smallest absolute Gasteiger partial charge is 0.238 e. The fourth-order valence-corrected chi connectivity index (χ4v) is 1.34. The van der Waals surface area contributed by atoms with Crippen molar-refractivity contribution in [2.24, 2.45) is 5.92 Å². The number of carbonyl (C=O) groups is 3. The summed E-state index contributed by atoms with van der Waals surface area (Å²) in [6.07, 6.45) is 0.379. The minimum absolute atomic E-state index is 0.0944. The summed E-state index contributed by atoms with van der Waals surface area (Å²) < 4.78 is 0. The van der Waals surface area contributed by atoms with Crippen LogP contribution in [0.2, 0.25) is 0 Å². The Hall–Kier alpha value is -1.16. The van der Waals surface area contributed by atoms with Crippen molar-refractivity contribution >= 4 is 29.6 Å². The number of nitrogens with zero attached hydrogens (tertiary/aromatic N) is 1. The van der Waals surface area contributed by atoms with Gasteiger partial charge < -0.3 is 4.90 Å². The van der Waals surface area contributed by atoms with E-state index in [2.05, 4.69) is 0 Å². The molecule has 70 valence electrons. The number of carbonyl (C=O) groups excluding carboxylic acids is 3. The topological polar surface area (TPSA) is 54.5 Å². The van der Waals surface area contributed by atoms with Crippen LogP contribution in [0.15, 0.2) is 10.7 Å². The Labute approximate surface area is 80.1 Å². The molecule has 0 radical (unpaired) electrons. The molecule has 0 bridgehead atoms. The highest BCUT2D eigenvalue weighted by atomic mass is 35.5. The molecule has 0 fully saturated rings. The van der Waals surface area contributed by atoms with Gasteiger partial charge in [-0.05, 0) is 6.92 Å². The van der Waals surface area contributed by atoms with Crippen molar-refractivity contribution < 1.29 is 14.4 Å². The van der Waals surface area contributed by atoms with E-state index in [-0.39, 0.29) is 16.6 Å². The van der Waals surface area contributed by atoms with Crippen molar-refractivity contribution in [1.82, 2.24) is 4.90 Å². The van der Waals surface area contributed by atoms with Crippen LogP contribution < -0.4 is 0 Å². The monoisotopic (exact) mass is 201 g/mol. The summed E-state index contributed by atoms with van der Waals surface area (Å²) in [4.78, 5) is 34.2. The predicted molar refractivity (Wildman–Crippen MR) is 45.9 cm³/mol. The van der Waals surface area contributed by atoms with Crippen molar-refractivity contribution in [2.45, 2.75) is 6.92 Å². The fourth-order valence-electron chi connectivity index (χ4n) is 1.12. The van der Waals surface area contributed by atoms with Gasteiger partial charge in [0.2, 0.25) is 5.91 Å². The molecule has 4 nitrogen and oxygen atoms in total. The maximum absolute atomic E-state index is 11.3. The van der Waals surface area contributed by atoms with Crippen LogP contribution in [-0.2, 0) is 14.4 Å². The Morgan fingerprint density at radius 3 is 2.46 bits per heavy atom. The van der Waals surface area contributed by atoms with Crippen molar-refractivity contribution in [3.63, 3.8) is 0 Å². The van der Waals surface area contributed by atoms with Gasteiger partial charge in [0, 0.05) is 7.05 Å². The Bertz CT molecular complexity index is 321. The lowest BCUT2D eigenvalue weighted by molar-refractivity contribution is -0.138. The van der Waals surface area contributed by atoms with E-state index in [1.807, 2.05) is 0 Å². The molecule has 1 unspecified atom stereocenters. The molecule has 0 N–H and O–H groups in total. The summed E-state index contributed by atoms with van der Waals surface area (Å²) in [5.41, 5.74) is -0.128. The third kappa shape index (κ3) is 1.37. The SMILES string of the molecule is CC1C(=O)C(C=O)=C(Cl)N(C)C1=O. The van der Waals surface area contributed by atoms with E-state index in [4.69, 9.17) is 11.6 Å². The van der Waals surface area contributed by atoms with Gasteiger partial charge in [-0.1, -0.05) is 11.6 Å². The molecule has 1 heterocycles. The molecule has 1 amide bonds. The second-order valence-electron chi connectivity index (χ2n) is 2.81. The molecule has 1 aliphatic rings. The lowest BCUT2D eigenvalue weighted by Gasteiger charge is -2.25. The minimum atomic E-state index is -0.812. The van der Waals surface area contributed by atoms with E-state index in [1.165, 1.54) is 14.0 Å². The van der Waals surface area contributed by atoms with E-state index in [1.54, 1.807) is 0 Å².